The normalized spacial score (nSPS) is 10.2. The first-order valence-corrected chi connectivity index (χ1v) is 6.01. The third kappa shape index (κ3) is 2.68. The topological polar surface area (TPSA) is 71.6 Å². The van der Waals surface area contributed by atoms with Gasteiger partial charge >= 0.3 is 0 Å². The summed E-state index contributed by atoms with van der Waals surface area (Å²) in [7, 11) is 0. The van der Waals surface area contributed by atoms with Crippen molar-refractivity contribution in [2.24, 2.45) is 0 Å². The molecule has 0 aliphatic rings. The first kappa shape index (κ1) is 13.0. The van der Waals surface area contributed by atoms with Crippen LogP contribution in [0.5, 0.6) is 0 Å². The van der Waals surface area contributed by atoms with Crippen molar-refractivity contribution in [3.05, 3.63) is 57.3 Å². The highest BCUT2D eigenvalue weighted by molar-refractivity contribution is 5.36. The summed E-state index contributed by atoms with van der Waals surface area (Å²) in [5, 5.41) is 13.3. The maximum Gasteiger partial charge on any atom is 0.284 e. The summed E-state index contributed by atoms with van der Waals surface area (Å²) in [4.78, 5) is 16.0. The molecule has 2 aromatic rings. The Morgan fingerprint density at radius 3 is 2.63 bits per heavy atom. The smallest absolute Gasteiger partial charge is 0.266 e. The summed E-state index contributed by atoms with van der Waals surface area (Å²) in [5.74, 6) is 0. The molecule has 96 valence electrons. The molecule has 19 heavy (non-hydrogen) atoms. The van der Waals surface area contributed by atoms with Crippen LogP contribution in [0.1, 0.15) is 22.4 Å². The first-order valence-electron chi connectivity index (χ1n) is 6.01. The fraction of sp³-hybridized carbons (Fsp3) is 0.286. The SMILES string of the molecule is Cc1nn(CCc2ccncc2)c(=O)c(C#N)c1C. The lowest BCUT2D eigenvalue weighted by Gasteiger charge is -2.08. The van der Waals surface area contributed by atoms with E-state index in [0.29, 0.717) is 24.2 Å². The summed E-state index contributed by atoms with van der Waals surface area (Å²) in [6, 6.07) is 5.76. The Balaban J connectivity index is 2.30. The van der Waals surface area contributed by atoms with Crippen LogP contribution in [0.4, 0.5) is 0 Å². The highest BCUT2D eigenvalue weighted by atomic mass is 16.1. The van der Waals surface area contributed by atoms with E-state index in [0.717, 1.165) is 5.56 Å². The van der Waals surface area contributed by atoms with Gasteiger partial charge in [0.2, 0.25) is 0 Å². The van der Waals surface area contributed by atoms with Gasteiger partial charge in [-0.15, -0.1) is 0 Å². The Morgan fingerprint density at radius 2 is 2.00 bits per heavy atom. The van der Waals surface area contributed by atoms with Gasteiger partial charge in [0.05, 0.1) is 5.69 Å². The van der Waals surface area contributed by atoms with E-state index in [1.807, 2.05) is 18.2 Å². The van der Waals surface area contributed by atoms with E-state index >= 15 is 0 Å². The molecule has 0 unspecified atom stereocenters. The van der Waals surface area contributed by atoms with Crippen molar-refractivity contribution in [2.75, 3.05) is 0 Å². The van der Waals surface area contributed by atoms with Crippen LogP contribution in [0, 0.1) is 25.2 Å². The number of aryl methyl sites for hydroxylation is 3. The average Bonchev–Trinajstić information content (AvgIpc) is 2.43. The molecule has 0 fully saturated rings. The number of pyridine rings is 1. The molecule has 0 atom stereocenters. The Labute approximate surface area is 111 Å². The van der Waals surface area contributed by atoms with E-state index in [2.05, 4.69) is 10.1 Å². The largest absolute Gasteiger partial charge is 0.284 e. The van der Waals surface area contributed by atoms with Crippen LogP contribution in [0.15, 0.2) is 29.3 Å². The van der Waals surface area contributed by atoms with E-state index in [4.69, 9.17) is 5.26 Å². The van der Waals surface area contributed by atoms with Gasteiger partial charge in [0.25, 0.3) is 5.56 Å². The monoisotopic (exact) mass is 254 g/mol. The minimum Gasteiger partial charge on any atom is -0.266 e. The van der Waals surface area contributed by atoms with Crippen molar-refractivity contribution < 1.29 is 0 Å². The molecule has 0 radical (unpaired) electrons. The number of nitriles is 1. The molecule has 0 aromatic carbocycles. The zero-order valence-corrected chi connectivity index (χ0v) is 10.9. The second-order valence-electron chi connectivity index (χ2n) is 4.33. The highest BCUT2D eigenvalue weighted by Crippen LogP contribution is 2.05. The summed E-state index contributed by atoms with van der Waals surface area (Å²) in [6.07, 6.45) is 4.11. The lowest BCUT2D eigenvalue weighted by atomic mass is 10.1. The molecule has 0 bridgehead atoms. The molecule has 2 rings (SSSR count). The molecule has 0 amide bonds. The molecule has 0 aliphatic heterocycles. The summed E-state index contributed by atoms with van der Waals surface area (Å²) in [6.45, 7) is 4.01. The zero-order valence-electron chi connectivity index (χ0n) is 10.9. The van der Waals surface area contributed by atoms with Crippen molar-refractivity contribution >= 4 is 0 Å². The van der Waals surface area contributed by atoms with Crippen molar-refractivity contribution in [3.63, 3.8) is 0 Å². The van der Waals surface area contributed by atoms with Crippen LogP contribution in [-0.4, -0.2) is 14.8 Å². The number of hydrogen-bond acceptors (Lipinski definition) is 4. The summed E-state index contributed by atoms with van der Waals surface area (Å²) < 4.78 is 1.36. The lowest BCUT2D eigenvalue weighted by Crippen LogP contribution is -2.28. The number of nitrogens with zero attached hydrogens (tertiary/aromatic N) is 4. The Morgan fingerprint density at radius 1 is 1.32 bits per heavy atom. The third-order valence-electron chi connectivity index (χ3n) is 3.11. The highest BCUT2D eigenvalue weighted by Gasteiger charge is 2.11. The third-order valence-corrected chi connectivity index (χ3v) is 3.11. The van der Waals surface area contributed by atoms with Crippen molar-refractivity contribution in [1.82, 2.24) is 14.8 Å². The average molecular weight is 254 g/mol. The quantitative estimate of drug-likeness (QED) is 0.829. The van der Waals surface area contributed by atoms with Crippen molar-refractivity contribution in [2.45, 2.75) is 26.8 Å². The number of hydrogen-bond donors (Lipinski definition) is 0. The molecule has 2 aromatic heterocycles. The molecule has 0 aliphatic carbocycles. The molecule has 5 heteroatoms. The molecule has 0 saturated heterocycles. The van der Waals surface area contributed by atoms with Crippen LogP contribution >= 0.6 is 0 Å². The molecular formula is C14H14N4O. The Hall–Kier alpha value is -2.48. The summed E-state index contributed by atoms with van der Waals surface area (Å²) in [5.41, 5.74) is 2.32. The van der Waals surface area contributed by atoms with Gasteiger partial charge in [-0.3, -0.25) is 9.78 Å². The van der Waals surface area contributed by atoms with Crippen molar-refractivity contribution in [3.8, 4) is 6.07 Å². The second kappa shape index (κ2) is 5.44. The lowest BCUT2D eigenvalue weighted by molar-refractivity contribution is 0.566. The minimum absolute atomic E-state index is 0.183. The van der Waals surface area contributed by atoms with Crippen LogP contribution in [-0.2, 0) is 13.0 Å². The zero-order chi connectivity index (χ0) is 13.8. The molecular weight excluding hydrogens is 240 g/mol. The Kier molecular flexibility index (Phi) is 3.71. The van der Waals surface area contributed by atoms with Crippen molar-refractivity contribution in [1.29, 1.82) is 5.26 Å². The van der Waals surface area contributed by atoms with Gasteiger partial charge in [-0.1, -0.05) is 0 Å². The van der Waals surface area contributed by atoms with Crippen LogP contribution in [0.25, 0.3) is 0 Å². The van der Waals surface area contributed by atoms with Gasteiger partial charge in [0.15, 0.2) is 0 Å². The summed E-state index contributed by atoms with van der Waals surface area (Å²) >= 11 is 0. The van der Waals surface area contributed by atoms with Gasteiger partial charge in [-0.25, -0.2) is 4.68 Å². The van der Waals surface area contributed by atoms with Gasteiger partial charge in [-0.05, 0) is 43.5 Å². The predicted molar refractivity (Wildman–Crippen MR) is 70.6 cm³/mol. The van der Waals surface area contributed by atoms with Crippen LogP contribution < -0.4 is 5.56 Å². The second-order valence-corrected chi connectivity index (χ2v) is 4.33. The van der Waals surface area contributed by atoms with Crippen LogP contribution in [0.3, 0.4) is 0 Å². The Bertz CT molecular complexity index is 683. The van der Waals surface area contributed by atoms with Gasteiger partial charge < -0.3 is 0 Å². The van der Waals surface area contributed by atoms with Gasteiger partial charge in [0, 0.05) is 18.9 Å². The molecule has 0 saturated carbocycles. The molecule has 0 N–H and O–H groups in total. The first-order chi connectivity index (χ1) is 9.13. The van der Waals surface area contributed by atoms with E-state index in [1.165, 1.54) is 4.68 Å². The van der Waals surface area contributed by atoms with E-state index < -0.39 is 0 Å². The van der Waals surface area contributed by atoms with Crippen LogP contribution in [0.2, 0.25) is 0 Å². The van der Waals surface area contributed by atoms with E-state index in [-0.39, 0.29) is 11.1 Å². The maximum atomic E-state index is 12.1. The van der Waals surface area contributed by atoms with Gasteiger partial charge in [0.1, 0.15) is 11.6 Å². The fourth-order valence-electron chi connectivity index (χ4n) is 1.84. The standard InChI is InChI=1S/C14H14N4O/c1-10-11(2)17-18(14(19)13(10)9-15)8-5-12-3-6-16-7-4-12/h3-4,6-7H,5,8H2,1-2H3. The predicted octanol–water partition coefficient (Wildman–Crippen LogP) is 1.37. The molecule has 0 spiro atoms. The van der Waals surface area contributed by atoms with Gasteiger partial charge in [-0.2, -0.15) is 10.4 Å². The fourth-order valence-corrected chi connectivity index (χ4v) is 1.84. The number of rotatable bonds is 3. The molecule has 2 heterocycles. The van der Waals surface area contributed by atoms with E-state index in [9.17, 15) is 4.79 Å². The maximum absolute atomic E-state index is 12.1. The minimum atomic E-state index is -0.320. The molecule has 5 nitrogen and oxygen atoms in total. The number of aromatic nitrogens is 3. The van der Waals surface area contributed by atoms with E-state index in [1.54, 1.807) is 26.2 Å².